The van der Waals surface area contributed by atoms with Crippen LogP contribution in [-0.2, 0) is 6.18 Å². The number of amides is 1. The lowest BCUT2D eigenvalue weighted by Gasteiger charge is -2.06. The minimum Gasteiger partial charge on any atom is -0.349 e. The van der Waals surface area contributed by atoms with Crippen LogP contribution < -0.4 is 5.32 Å². The van der Waals surface area contributed by atoms with Crippen molar-refractivity contribution in [1.29, 1.82) is 0 Å². The molecule has 1 amide bonds. The highest BCUT2D eigenvalue weighted by atomic mass is 19.4. The molecule has 0 unspecified atom stereocenters. The van der Waals surface area contributed by atoms with Gasteiger partial charge in [0.05, 0.1) is 0 Å². The summed E-state index contributed by atoms with van der Waals surface area (Å²) < 4.78 is 36.5. The number of aromatic nitrogens is 1. The van der Waals surface area contributed by atoms with Crippen molar-refractivity contribution in [3.8, 4) is 0 Å². The van der Waals surface area contributed by atoms with Gasteiger partial charge in [0.2, 0.25) is 0 Å². The van der Waals surface area contributed by atoms with Crippen LogP contribution in [0.25, 0.3) is 0 Å². The molecule has 0 spiro atoms. The SMILES string of the molecule is CC(C)NC(=O)c1ccc(C(F)(F)F)[nH]1. The second-order valence-corrected chi connectivity index (χ2v) is 3.41. The molecule has 84 valence electrons. The monoisotopic (exact) mass is 220 g/mol. The van der Waals surface area contributed by atoms with E-state index < -0.39 is 17.8 Å². The second-order valence-electron chi connectivity index (χ2n) is 3.41. The summed E-state index contributed by atoms with van der Waals surface area (Å²) in [5, 5.41) is 2.49. The molecule has 3 nitrogen and oxygen atoms in total. The number of nitrogens with one attached hydrogen (secondary N) is 2. The molecule has 0 fully saturated rings. The first-order valence-corrected chi connectivity index (χ1v) is 4.38. The topological polar surface area (TPSA) is 44.9 Å². The van der Waals surface area contributed by atoms with Crippen LogP contribution in [-0.4, -0.2) is 16.9 Å². The fourth-order valence-electron chi connectivity index (χ4n) is 1.03. The summed E-state index contributed by atoms with van der Waals surface area (Å²) in [6.07, 6.45) is -4.45. The summed E-state index contributed by atoms with van der Waals surface area (Å²) in [6, 6.07) is 1.84. The highest BCUT2D eigenvalue weighted by Gasteiger charge is 2.32. The summed E-state index contributed by atoms with van der Waals surface area (Å²) in [6.45, 7) is 3.46. The van der Waals surface area contributed by atoms with Gasteiger partial charge in [-0.2, -0.15) is 13.2 Å². The van der Waals surface area contributed by atoms with Crippen LogP contribution in [0.4, 0.5) is 13.2 Å². The van der Waals surface area contributed by atoms with Crippen molar-refractivity contribution < 1.29 is 18.0 Å². The van der Waals surface area contributed by atoms with Gasteiger partial charge in [-0.15, -0.1) is 0 Å². The minimum absolute atomic E-state index is 0.0870. The Balaban J connectivity index is 2.81. The number of hydrogen-bond donors (Lipinski definition) is 2. The average molecular weight is 220 g/mol. The Labute approximate surface area is 84.7 Å². The van der Waals surface area contributed by atoms with Crippen molar-refractivity contribution in [1.82, 2.24) is 10.3 Å². The largest absolute Gasteiger partial charge is 0.431 e. The predicted octanol–water partition coefficient (Wildman–Crippen LogP) is 2.17. The van der Waals surface area contributed by atoms with Gasteiger partial charge in [-0.1, -0.05) is 0 Å². The van der Waals surface area contributed by atoms with Gasteiger partial charge in [0.15, 0.2) is 0 Å². The molecule has 0 atom stereocenters. The van der Waals surface area contributed by atoms with Gasteiger partial charge in [-0.3, -0.25) is 4.79 Å². The molecular formula is C9H11F3N2O. The molecule has 0 aromatic carbocycles. The fraction of sp³-hybridized carbons (Fsp3) is 0.444. The molecule has 6 heteroatoms. The first-order chi connectivity index (χ1) is 6.80. The highest BCUT2D eigenvalue weighted by Crippen LogP contribution is 2.28. The van der Waals surface area contributed by atoms with E-state index in [2.05, 4.69) is 5.32 Å². The molecular weight excluding hydrogens is 209 g/mol. The van der Waals surface area contributed by atoms with Gasteiger partial charge >= 0.3 is 6.18 Å². The number of hydrogen-bond acceptors (Lipinski definition) is 1. The Morgan fingerprint density at radius 3 is 2.40 bits per heavy atom. The molecule has 0 aliphatic heterocycles. The van der Waals surface area contributed by atoms with E-state index in [0.717, 1.165) is 12.1 Å². The lowest BCUT2D eigenvalue weighted by molar-refractivity contribution is -0.140. The maximum Gasteiger partial charge on any atom is 0.431 e. The standard InChI is InChI=1S/C9H11F3N2O/c1-5(2)13-8(15)6-3-4-7(14-6)9(10,11)12/h3-5,14H,1-2H3,(H,13,15). The summed E-state index contributed by atoms with van der Waals surface area (Å²) in [5.74, 6) is -0.541. The predicted molar refractivity (Wildman–Crippen MR) is 48.4 cm³/mol. The van der Waals surface area contributed by atoms with E-state index in [1.165, 1.54) is 0 Å². The van der Waals surface area contributed by atoms with E-state index in [4.69, 9.17) is 0 Å². The quantitative estimate of drug-likeness (QED) is 0.788. The average Bonchev–Trinajstić information content (AvgIpc) is 2.48. The highest BCUT2D eigenvalue weighted by molar-refractivity contribution is 5.92. The van der Waals surface area contributed by atoms with Crippen LogP contribution in [0.1, 0.15) is 30.0 Å². The van der Waals surface area contributed by atoms with Crippen molar-refractivity contribution in [2.24, 2.45) is 0 Å². The Bertz CT molecular complexity index is 354. The maximum absolute atomic E-state index is 12.2. The molecule has 0 aliphatic carbocycles. The molecule has 1 aromatic heterocycles. The second kappa shape index (κ2) is 3.96. The van der Waals surface area contributed by atoms with E-state index in [1.807, 2.05) is 4.98 Å². The van der Waals surface area contributed by atoms with Gasteiger partial charge in [0.25, 0.3) is 5.91 Å². The normalized spacial score (nSPS) is 11.9. The third-order valence-corrected chi connectivity index (χ3v) is 1.66. The summed E-state index contributed by atoms with van der Waals surface area (Å²) in [7, 11) is 0. The number of aromatic amines is 1. The summed E-state index contributed by atoms with van der Waals surface area (Å²) in [5.41, 5.74) is -1.01. The van der Waals surface area contributed by atoms with Gasteiger partial charge in [-0.05, 0) is 26.0 Å². The molecule has 15 heavy (non-hydrogen) atoms. The zero-order valence-electron chi connectivity index (χ0n) is 8.27. The van der Waals surface area contributed by atoms with Crippen LogP contribution >= 0.6 is 0 Å². The van der Waals surface area contributed by atoms with E-state index in [-0.39, 0.29) is 11.7 Å². The van der Waals surface area contributed by atoms with Gasteiger partial charge in [-0.25, -0.2) is 0 Å². The van der Waals surface area contributed by atoms with Crippen molar-refractivity contribution in [3.63, 3.8) is 0 Å². The number of rotatable bonds is 2. The molecule has 0 aliphatic rings. The zero-order valence-corrected chi connectivity index (χ0v) is 8.27. The van der Waals surface area contributed by atoms with Gasteiger partial charge in [0.1, 0.15) is 11.4 Å². The Morgan fingerprint density at radius 1 is 1.40 bits per heavy atom. The third kappa shape index (κ3) is 3.00. The smallest absolute Gasteiger partial charge is 0.349 e. The number of alkyl halides is 3. The summed E-state index contributed by atoms with van der Waals surface area (Å²) >= 11 is 0. The lowest BCUT2D eigenvalue weighted by atomic mass is 10.3. The maximum atomic E-state index is 12.2. The molecule has 0 saturated heterocycles. The number of carbonyl (C=O) groups excluding carboxylic acids is 1. The molecule has 1 aromatic rings. The van der Waals surface area contributed by atoms with Crippen LogP contribution in [0.2, 0.25) is 0 Å². The van der Waals surface area contributed by atoms with Gasteiger partial charge in [0, 0.05) is 6.04 Å². The van der Waals surface area contributed by atoms with Crippen molar-refractivity contribution in [2.45, 2.75) is 26.1 Å². The van der Waals surface area contributed by atoms with Crippen LogP contribution in [0.5, 0.6) is 0 Å². The molecule has 0 saturated carbocycles. The summed E-state index contributed by atoms with van der Waals surface area (Å²) in [4.78, 5) is 13.3. The van der Waals surface area contributed by atoms with E-state index in [1.54, 1.807) is 13.8 Å². The molecule has 2 N–H and O–H groups in total. The van der Waals surface area contributed by atoms with Crippen LogP contribution in [0.3, 0.4) is 0 Å². The minimum atomic E-state index is -4.45. The van der Waals surface area contributed by atoms with Crippen molar-refractivity contribution >= 4 is 5.91 Å². The Kier molecular flexibility index (Phi) is 3.06. The number of H-pyrrole nitrogens is 1. The third-order valence-electron chi connectivity index (χ3n) is 1.66. The molecule has 1 heterocycles. The van der Waals surface area contributed by atoms with Crippen molar-refractivity contribution in [3.05, 3.63) is 23.5 Å². The molecule has 0 bridgehead atoms. The van der Waals surface area contributed by atoms with E-state index in [0.29, 0.717) is 0 Å². The van der Waals surface area contributed by atoms with E-state index >= 15 is 0 Å². The number of carbonyl (C=O) groups is 1. The van der Waals surface area contributed by atoms with Gasteiger partial charge < -0.3 is 10.3 Å². The Hall–Kier alpha value is -1.46. The molecule has 1 rings (SSSR count). The zero-order chi connectivity index (χ0) is 11.6. The lowest BCUT2D eigenvalue weighted by Crippen LogP contribution is -2.30. The van der Waals surface area contributed by atoms with Crippen molar-refractivity contribution in [2.75, 3.05) is 0 Å². The number of halogens is 3. The first-order valence-electron chi connectivity index (χ1n) is 4.38. The van der Waals surface area contributed by atoms with Crippen LogP contribution in [0.15, 0.2) is 12.1 Å². The Morgan fingerprint density at radius 2 is 2.00 bits per heavy atom. The molecule has 0 radical (unpaired) electrons. The van der Waals surface area contributed by atoms with Crippen LogP contribution in [0, 0.1) is 0 Å². The first kappa shape index (κ1) is 11.6. The fourth-order valence-corrected chi connectivity index (χ4v) is 1.03. The van der Waals surface area contributed by atoms with E-state index in [9.17, 15) is 18.0 Å².